The van der Waals surface area contributed by atoms with Gasteiger partial charge in [-0.05, 0) is 36.3 Å². The minimum Gasteiger partial charge on any atom is -0.481 e. The second-order valence-electron chi connectivity index (χ2n) is 5.92. The Hall–Kier alpha value is -2.47. The molecule has 2 aromatic rings. The lowest BCUT2D eigenvalue weighted by molar-refractivity contribution is -0.123. The molecule has 4 nitrogen and oxygen atoms in total. The van der Waals surface area contributed by atoms with E-state index in [1.165, 1.54) is 5.56 Å². The van der Waals surface area contributed by atoms with Crippen molar-refractivity contribution < 1.29 is 18.3 Å². The van der Waals surface area contributed by atoms with Crippen LogP contribution in [0.4, 0.5) is 8.78 Å². The van der Waals surface area contributed by atoms with Crippen LogP contribution in [0.15, 0.2) is 42.5 Å². The van der Waals surface area contributed by atoms with E-state index >= 15 is 0 Å². The van der Waals surface area contributed by atoms with Gasteiger partial charge in [-0.2, -0.15) is 0 Å². The Morgan fingerprint density at radius 2 is 1.69 bits per heavy atom. The minimum atomic E-state index is -0.832. The SMILES string of the molecule is CCN(CC)Cc1ccc(CNC(=O)COc2ccc(F)cc2F)cc1. The first-order chi connectivity index (χ1) is 12.5. The van der Waals surface area contributed by atoms with Crippen LogP contribution in [0.1, 0.15) is 25.0 Å². The van der Waals surface area contributed by atoms with E-state index in [1.54, 1.807) is 0 Å². The summed E-state index contributed by atoms with van der Waals surface area (Å²) in [7, 11) is 0. The monoisotopic (exact) mass is 362 g/mol. The van der Waals surface area contributed by atoms with Gasteiger partial charge in [0.2, 0.25) is 0 Å². The molecule has 140 valence electrons. The number of benzene rings is 2. The number of rotatable bonds is 9. The molecule has 0 aromatic heterocycles. The molecule has 0 aliphatic rings. The molecular weight excluding hydrogens is 338 g/mol. The van der Waals surface area contributed by atoms with Gasteiger partial charge in [-0.25, -0.2) is 8.78 Å². The maximum absolute atomic E-state index is 13.4. The molecule has 2 rings (SSSR count). The third-order valence-electron chi connectivity index (χ3n) is 4.07. The van der Waals surface area contributed by atoms with Crippen molar-refractivity contribution in [2.24, 2.45) is 0 Å². The molecule has 0 saturated carbocycles. The van der Waals surface area contributed by atoms with Gasteiger partial charge in [0.25, 0.3) is 5.91 Å². The van der Waals surface area contributed by atoms with Gasteiger partial charge in [0.15, 0.2) is 18.2 Å². The lowest BCUT2D eigenvalue weighted by atomic mass is 10.1. The Kier molecular flexibility index (Phi) is 7.53. The molecule has 6 heteroatoms. The van der Waals surface area contributed by atoms with Crippen LogP contribution >= 0.6 is 0 Å². The van der Waals surface area contributed by atoms with Gasteiger partial charge >= 0.3 is 0 Å². The summed E-state index contributed by atoms with van der Waals surface area (Å²) < 4.78 is 31.3. The molecule has 0 radical (unpaired) electrons. The van der Waals surface area contributed by atoms with E-state index in [9.17, 15) is 13.6 Å². The van der Waals surface area contributed by atoms with Crippen LogP contribution in [-0.4, -0.2) is 30.5 Å². The predicted molar refractivity (Wildman–Crippen MR) is 96.8 cm³/mol. The molecule has 0 aliphatic heterocycles. The van der Waals surface area contributed by atoms with E-state index in [-0.39, 0.29) is 18.3 Å². The molecular formula is C20H24F2N2O2. The lowest BCUT2D eigenvalue weighted by Gasteiger charge is -2.18. The van der Waals surface area contributed by atoms with Gasteiger partial charge in [-0.15, -0.1) is 0 Å². The summed E-state index contributed by atoms with van der Waals surface area (Å²) >= 11 is 0. The van der Waals surface area contributed by atoms with Crippen LogP contribution in [0, 0.1) is 11.6 Å². The first kappa shape index (κ1) is 19.8. The molecule has 0 unspecified atom stereocenters. The van der Waals surface area contributed by atoms with Crippen molar-refractivity contribution in [2.75, 3.05) is 19.7 Å². The molecule has 26 heavy (non-hydrogen) atoms. The second-order valence-corrected chi connectivity index (χ2v) is 5.92. The van der Waals surface area contributed by atoms with Gasteiger partial charge in [0.05, 0.1) is 0 Å². The molecule has 0 aliphatic carbocycles. The van der Waals surface area contributed by atoms with E-state index in [4.69, 9.17) is 4.74 Å². The third kappa shape index (κ3) is 6.11. The summed E-state index contributed by atoms with van der Waals surface area (Å²) in [5, 5.41) is 2.71. The summed E-state index contributed by atoms with van der Waals surface area (Å²) in [5.74, 6) is -2.05. The van der Waals surface area contributed by atoms with Crippen molar-refractivity contribution in [3.63, 3.8) is 0 Å². The Bertz CT molecular complexity index is 716. The smallest absolute Gasteiger partial charge is 0.258 e. The Morgan fingerprint density at radius 1 is 1.04 bits per heavy atom. The van der Waals surface area contributed by atoms with E-state index < -0.39 is 11.6 Å². The van der Waals surface area contributed by atoms with Crippen LogP contribution < -0.4 is 10.1 Å². The summed E-state index contributed by atoms with van der Waals surface area (Å²) in [6.07, 6.45) is 0. The van der Waals surface area contributed by atoms with Crippen LogP contribution in [0.3, 0.4) is 0 Å². The fourth-order valence-electron chi connectivity index (χ4n) is 2.46. The normalized spacial score (nSPS) is 10.8. The number of nitrogens with zero attached hydrogens (tertiary/aromatic N) is 1. The highest BCUT2D eigenvalue weighted by Gasteiger charge is 2.08. The largest absolute Gasteiger partial charge is 0.481 e. The second kappa shape index (κ2) is 9.87. The maximum atomic E-state index is 13.4. The van der Waals surface area contributed by atoms with Gasteiger partial charge in [0.1, 0.15) is 5.82 Å². The summed E-state index contributed by atoms with van der Waals surface area (Å²) in [6.45, 7) is 7.20. The van der Waals surface area contributed by atoms with Crippen LogP contribution in [0.5, 0.6) is 5.75 Å². The zero-order valence-electron chi connectivity index (χ0n) is 15.1. The van der Waals surface area contributed by atoms with Crippen molar-refractivity contribution in [1.29, 1.82) is 0 Å². The van der Waals surface area contributed by atoms with Crippen molar-refractivity contribution in [1.82, 2.24) is 10.2 Å². The average molecular weight is 362 g/mol. The van der Waals surface area contributed by atoms with Crippen LogP contribution in [0.2, 0.25) is 0 Å². The van der Waals surface area contributed by atoms with Crippen molar-refractivity contribution in [3.8, 4) is 5.75 Å². The fourth-order valence-corrected chi connectivity index (χ4v) is 2.46. The van der Waals surface area contributed by atoms with E-state index in [1.807, 2.05) is 24.3 Å². The number of hydrogen-bond donors (Lipinski definition) is 1. The molecule has 0 bridgehead atoms. The molecule has 1 N–H and O–H groups in total. The number of nitrogens with one attached hydrogen (secondary N) is 1. The van der Waals surface area contributed by atoms with Crippen LogP contribution in [0.25, 0.3) is 0 Å². The number of carbonyl (C=O) groups is 1. The first-order valence-electron chi connectivity index (χ1n) is 8.66. The summed E-state index contributed by atoms with van der Waals surface area (Å²) in [4.78, 5) is 14.1. The highest BCUT2D eigenvalue weighted by molar-refractivity contribution is 5.77. The molecule has 0 spiro atoms. The van der Waals surface area contributed by atoms with Crippen molar-refractivity contribution >= 4 is 5.91 Å². The average Bonchev–Trinajstić information content (AvgIpc) is 2.64. The third-order valence-corrected chi connectivity index (χ3v) is 4.07. The number of ether oxygens (including phenoxy) is 1. The molecule has 0 fully saturated rings. The van der Waals surface area contributed by atoms with Gasteiger partial charge < -0.3 is 10.1 Å². The number of carbonyl (C=O) groups excluding carboxylic acids is 1. The van der Waals surface area contributed by atoms with Gasteiger partial charge in [-0.3, -0.25) is 9.69 Å². The first-order valence-corrected chi connectivity index (χ1v) is 8.66. The highest BCUT2D eigenvalue weighted by atomic mass is 19.1. The highest BCUT2D eigenvalue weighted by Crippen LogP contribution is 2.17. The molecule has 0 heterocycles. The lowest BCUT2D eigenvalue weighted by Crippen LogP contribution is -2.28. The molecule has 0 atom stereocenters. The fraction of sp³-hybridized carbons (Fsp3) is 0.350. The van der Waals surface area contributed by atoms with Crippen molar-refractivity contribution in [2.45, 2.75) is 26.9 Å². The van der Waals surface area contributed by atoms with E-state index in [0.717, 1.165) is 37.3 Å². The number of amides is 1. The quantitative estimate of drug-likeness (QED) is 0.742. The standard InChI is InChI=1S/C20H24F2N2O2/c1-3-24(4-2)13-16-7-5-15(6-8-16)12-23-20(25)14-26-19-10-9-17(21)11-18(19)22/h5-11H,3-4,12-14H2,1-2H3,(H,23,25). The Labute approximate surface area is 152 Å². The summed E-state index contributed by atoms with van der Waals surface area (Å²) in [6, 6.07) is 11.0. The Morgan fingerprint density at radius 3 is 2.31 bits per heavy atom. The van der Waals surface area contributed by atoms with E-state index in [2.05, 4.69) is 24.1 Å². The minimum absolute atomic E-state index is 0.151. The predicted octanol–water partition coefficient (Wildman–Crippen LogP) is 3.50. The maximum Gasteiger partial charge on any atom is 0.258 e. The number of halogens is 2. The summed E-state index contributed by atoms with van der Waals surface area (Å²) in [5.41, 5.74) is 2.19. The molecule has 2 aromatic carbocycles. The number of hydrogen-bond acceptors (Lipinski definition) is 3. The zero-order valence-corrected chi connectivity index (χ0v) is 15.1. The molecule has 0 saturated heterocycles. The van der Waals surface area contributed by atoms with Crippen LogP contribution in [-0.2, 0) is 17.9 Å². The Balaban J connectivity index is 1.78. The molecule has 1 amide bonds. The van der Waals surface area contributed by atoms with Gasteiger partial charge in [-0.1, -0.05) is 38.1 Å². The van der Waals surface area contributed by atoms with Crippen molar-refractivity contribution in [3.05, 3.63) is 65.2 Å². The van der Waals surface area contributed by atoms with Gasteiger partial charge in [0, 0.05) is 19.2 Å². The van der Waals surface area contributed by atoms with E-state index in [0.29, 0.717) is 12.6 Å². The zero-order chi connectivity index (χ0) is 18.9. The topological polar surface area (TPSA) is 41.6 Å².